The van der Waals surface area contributed by atoms with Crippen LogP contribution in [0.3, 0.4) is 0 Å². The van der Waals surface area contributed by atoms with Gasteiger partial charge in [-0.2, -0.15) is 0 Å². The lowest BCUT2D eigenvalue weighted by molar-refractivity contribution is -0.121. The molecule has 0 radical (unpaired) electrons. The van der Waals surface area contributed by atoms with Crippen molar-refractivity contribution in [2.24, 2.45) is 7.05 Å². The normalized spacial score (nSPS) is 10.8. The van der Waals surface area contributed by atoms with Crippen LogP contribution in [0.1, 0.15) is 26.9 Å². The predicted octanol–water partition coefficient (Wildman–Crippen LogP) is 2.92. The van der Waals surface area contributed by atoms with Gasteiger partial charge in [0.05, 0.1) is 17.5 Å². The third kappa shape index (κ3) is 4.89. The summed E-state index contributed by atoms with van der Waals surface area (Å²) in [5, 5.41) is 2.29. The smallest absolute Gasteiger partial charge is 0.289 e. The zero-order chi connectivity index (χ0) is 21.8. The molecule has 2 amide bonds. The first kappa shape index (κ1) is 20.5. The molecule has 31 heavy (non-hydrogen) atoms. The standard InChI is InChI=1S/C22H21N5O3S/c1-14-7-9-15(10-8-14)30-12-21-24-17(13-31-21)22(29)26-25-20(28)11-19-23-16-5-3-4-6-18(16)27(19)2/h3-10,13H,11-12H2,1-2H3,(H,25,28)(H,26,29). The van der Waals surface area contributed by atoms with Crippen LogP contribution in [0.25, 0.3) is 11.0 Å². The van der Waals surface area contributed by atoms with Crippen molar-refractivity contribution in [2.45, 2.75) is 20.0 Å². The molecule has 0 saturated carbocycles. The molecule has 158 valence electrons. The minimum absolute atomic E-state index is 0.0398. The summed E-state index contributed by atoms with van der Waals surface area (Å²) in [6.07, 6.45) is 0.0398. The number of carbonyl (C=O) groups is 2. The van der Waals surface area contributed by atoms with Crippen molar-refractivity contribution in [3.63, 3.8) is 0 Å². The SMILES string of the molecule is Cc1ccc(OCc2nc(C(=O)NNC(=O)Cc3nc4ccccc4n3C)cs2)cc1. The van der Waals surface area contributed by atoms with Crippen molar-refractivity contribution in [1.29, 1.82) is 0 Å². The third-order valence-corrected chi connectivity index (χ3v) is 5.50. The summed E-state index contributed by atoms with van der Waals surface area (Å²) in [6.45, 7) is 2.27. The van der Waals surface area contributed by atoms with Crippen LogP contribution in [0, 0.1) is 6.92 Å². The van der Waals surface area contributed by atoms with Gasteiger partial charge in [-0.15, -0.1) is 11.3 Å². The highest BCUT2D eigenvalue weighted by Gasteiger charge is 2.15. The van der Waals surface area contributed by atoms with Crippen molar-refractivity contribution in [2.75, 3.05) is 0 Å². The number of aryl methyl sites for hydroxylation is 2. The quantitative estimate of drug-likeness (QED) is 0.454. The highest BCUT2D eigenvalue weighted by molar-refractivity contribution is 7.09. The lowest BCUT2D eigenvalue weighted by Gasteiger charge is -2.06. The first-order valence-electron chi connectivity index (χ1n) is 9.63. The minimum atomic E-state index is -0.490. The summed E-state index contributed by atoms with van der Waals surface area (Å²) >= 11 is 1.32. The number of hydrogen-bond acceptors (Lipinski definition) is 6. The second-order valence-corrected chi connectivity index (χ2v) is 7.93. The van der Waals surface area contributed by atoms with E-state index in [0.717, 1.165) is 22.3 Å². The second-order valence-electron chi connectivity index (χ2n) is 6.98. The molecular weight excluding hydrogens is 414 g/mol. The van der Waals surface area contributed by atoms with E-state index in [0.29, 0.717) is 10.8 Å². The molecule has 0 aliphatic carbocycles. The van der Waals surface area contributed by atoms with Crippen molar-refractivity contribution < 1.29 is 14.3 Å². The van der Waals surface area contributed by atoms with Crippen LogP contribution in [0.15, 0.2) is 53.9 Å². The molecule has 4 aromatic rings. The molecule has 2 aromatic carbocycles. The number of fused-ring (bicyclic) bond motifs is 1. The van der Waals surface area contributed by atoms with Gasteiger partial charge in [0, 0.05) is 12.4 Å². The summed E-state index contributed by atoms with van der Waals surface area (Å²) in [6, 6.07) is 15.3. The number of carbonyl (C=O) groups excluding carboxylic acids is 2. The maximum Gasteiger partial charge on any atom is 0.289 e. The molecule has 0 aliphatic heterocycles. The molecule has 2 heterocycles. The number of ether oxygens (including phenoxy) is 1. The fourth-order valence-corrected chi connectivity index (χ4v) is 3.68. The molecule has 9 heteroatoms. The van der Waals surface area contributed by atoms with E-state index in [4.69, 9.17) is 4.74 Å². The number of benzene rings is 2. The number of para-hydroxylation sites is 2. The molecule has 0 fully saturated rings. The Hall–Kier alpha value is -3.72. The molecule has 0 saturated heterocycles. The highest BCUT2D eigenvalue weighted by Crippen LogP contribution is 2.16. The lowest BCUT2D eigenvalue weighted by Crippen LogP contribution is -2.42. The van der Waals surface area contributed by atoms with Crippen LogP contribution in [0.2, 0.25) is 0 Å². The summed E-state index contributed by atoms with van der Waals surface area (Å²) in [5.74, 6) is 0.485. The van der Waals surface area contributed by atoms with E-state index in [9.17, 15) is 9.59 Å². The van der Waals surface area contributed by atoms with Gasteiger partial charge < -0.3 is 9.30 Å². The zero-order valence-corrected chi connectivity index (χ0v) is 17.9. The Morgan fingerprint density at radius 1 is 1.06 bits per heavy atom. The number of thiazole rings is 1. The van der Waals surface area contributed by atoms with Crippen molar-refractivity contribution >= 4 is 34.2 Å². The van der Waals surface area contributed by atoms with Gasteiger partial charge in [0.2, 0.25) is 5.91 Å². The maximum atomic E-state index is 12.3. The van der Waals surface area contributed by atoms with E-state index in [1.54, 1.807) is 5.38 Å². The highest BCUT2D eigenvalue weighted by atomic mass is 32.1. The van der Waals surface area contributed by atoms with Gasteiger partial charge in [0.15, 0.2) is 0 Å². The number of amides is 2. The van der Waals surface area contributed by atoms with Crippen LogP contribution >= 0.6 is 11.3 Å². The molecule has 0 atom stereocenters. The largest absolute Gasteiger partial charge is 0.486 e. The number of aromatic nitrogens is 3. The van der Waals surface area contributed by atoms with Crippen LogP contribution in [0.4, 0.5) is 0 Å². The van der Waals surface area contributed by atoms with Gasteiger partial charge in [-0.3, -0.25) is 20.4 Å². The van der Waals surface area contributed by atoms with E-state index in [1.807, 2.05) is 67.1 Å². The fourth-order valence-electron chi connectivity index (χ4n) is 2.99. The molecule has 0 spiro atoms. The molecule has 8 nitrogen and oxygen atoms in total. The molecular formula is C22H21N5O3S. The minimum Gasteiger partial charge on any atom is -0.486 e. The van der Waals surface area contributed by atoms with Gasteiger partial charge in [-0.25, -0.2) is 9.97 Å². The molecule has 2 N–H and O–H groups in total. The number of imidazole rings is 1. The molecule has 0 aliphatic rings. The molecule has 4 rings (SSSR count). The van der Waals surface area contributed by atoms with Crippen molar-refractivity contribution in [3.8, 4) is 5.75 Å². The van der Waals surface area contributed by atoms with Crippen molar-refractivity contribution in [1.82, 2.24) is 25.4 Å². The first-order valence-corrected chi connectivity index (χ1v) is 10.5. The van der Waals surface area contributed by atoms with Crippen LogP contribution in [0.5, 0.6) is 5.75 Å². The van der Waals surface area contributed by atoms with E-state index >= 15 is 0 Å². The Morgan fingerprint density at radius 3 is 2.61 bits per heavy atom. The van der Waals surface area contributed by atoms with Gasteiger partial charge in [-0.1, -0.05) is 29.8 Å². The first-order chi connectivity index (χ1) is 15.0. The van der Waals surface area contributed by atoms with Crippen LogP contribution in [-0.4, -0.2) is 26.3 Å². The summed E-state index contributed by atoms with van der Waals surface area (Å²) in [5.41, 5.74) is 7.94. The van der Waals surface area contributed by atoms with E-state index in [-0.39, 0.29) is 24.6 Å². The van der Waals surface area contributed by atoms with Gasteiger partial charge in [0.25, 0.3) is 5.91 Å². The lowest BCUT2D eigenvalue weighted by atomic mass is 10.2. The average Bonchev–Trinajstić information content (AvgIpc) is 3.37. The number of nitrogens with zero attached hydrogens (tertiary/aromatic N) is 3. The van der Waals surface area contributed by atoms with E-state index < -0.39 is 5.91 Å². The number of hydrogen-bond donors (Lipinski definition) is 2. The number of nitrogens with one attached hydrogen (secondary N) is 2. The van der Waals surface area contributed by atoms with Crippen LogP contribution in [-0.2, 0) is 24.9 Å². The van der Waals surface area contributed by atoms with E-state index in [1.165, 1.54) is 11.3 Å². The Kier molecular flexibility index (Phi) is 5.94. The molecule has 2 aromatic heterocycles. The van der Waals surface area contributed by atoms with E-state index in [2.05, 4.69) is 20.8 Å². The summed E-state index contributed by atoms with van der Waals surface area (Å²) in [7, 11) is 1.85. The third-order valence-electron chi connectivity index (χ3n) is 4.68. The Morgan fingerprint density at radius 2 is 1.84 bits per heavy atom. The summed E-state index contributed by atoms with van der Waals surface area (Å²) in [4.78, 5) is 33.3. The van der Waals surface area contributed by atoms with Crippen molar-refractivity contribution in [3.05, 3.63) is 76.0 Å². The Bertz CT molecular complexity index is 1230. The Labute approximate surface area is 182 Å². The fraction of sp³-hybridized carbons (Fsp3) is 0.182. The second kappa shape index (κ2) is 8.97. The summed E-state index contributed by atoms with van der Waals surface area (Å²) < 4.78 is 7.54. The number of hydrazine groups is 1. The van der Waals surface area contributed by atoms with Gasteiger partial charge in [-0.05, 0) is 31.2 Å². The molecule has 0 unspecified atom stereocenters. The molecule has 0 bridgehead atoms. The predicted molar refractivity (Wildman–Crippen MR) is 118 cm³/mol. The average molecular weight is 436 g/mol. The van der Waals surface area contributed by atoms with Crippen LogP contribution < -0.4 is 15.6 Å². The zero-order valence-electron chi connectivity index (χ0n) is 17.1. The number of rotatable bonds is 6. The topological polar surface area (TPSA) is 98.1 Å². The van der Waals surface area contributed by atoms with Gasteiger partial charge in [0.1, 0.15) is 28.9 Å². The monoisotopic (exact) mass is 435 g/mol. The van der Waals surface area contributed by atoms with Gasteiger partial charge >= 0.3 is 0 Å². The Balaban J connectivity index is 1.28. The maximum absolute atomic E-state index is 12.3.